The number of primary amides is 1. The number of fused-ring (bicyclic) bond motifs is 6. The number of nitrogens with two attached hydrogens (primary N) is 2. The Labute approximate surface area is 877 Å². The number of furan rings is 2. The van der Waals surface area contributed by atoms with Gasteiger partial charge < -0.3 is 67.8 Å². The minimum Gasteiger partial charge on any atom is -0.464 e. The number of nitro benzene ring substituents is 3. The maximum Gasteiger partial charge on any atom is 3.00 e. The van der Waals surface area contributed by atoms with Crippen LogP contribution in [0.2, 0.25) is 0 Å². The summed E-state index contributed by atoms with van der Waals surface area (Å²) in [5.41, 5.74) is 17.7. The summed E-state index contributed by atoms with van der Waals surface area (Å²) in [5, 5.41) is 43.2. The first kappa shape index (κ1) is 124. The van der Waals surface area contributed by atoms with Crippen LogP contribution in [0, 0.1) is 105 Å². The van der Waals surface area contributed by atoms with Crippen molar-refractivity contribution in [2.24, 2.45) is 19.8 Å². The second kappa shape index (κ2) is 65.5. The number of esters is 1. The van der Waals surface area contributed by atoms with Crippen LogP contribution in [0.1, 0.15) is 134 Å². The number of Topliss-reactive ketones (excluding diaryl/α,β-unsaturated/α-hetero) is 3. The first-order valence-corrected chi connectivity index (χ1v) is 46.6. The van der Waals surface area contributed by atoms with Crippen molar-refractivity contribution in [2.45, 2.75) is 108 Å². The van der Waals surface area contributed by atoms with Gasteiger partial charge in [0.2, 0.25) is 11.6 Å². The number of allylic oxidation sites excluding steroid dienone is 2. The van der Waals surface area contributed by atoms with Gasteiger partial charge in [-0.2, -0.15) is 12.8 Å². The summed E-state index contributed by atoms with van der Waals surface area (Å²) in [4.78, 5) is 94.8. The molecule has 6 aromatic heterocycles. The van der Waals surface area contributed by atoms with E-state index in [1.165, 1.54) is 77.2 Å². The molecule has 0 atom stereocenters. The number of aliphatic hydroxyl groups is 1. The zero-order valence-corrected chi connectivity index (χ0v) is 89.3. The van der Waals surface area contributed by atoms with E-state index in [2.05, 4.69) is 138 Å². The number of amides is 1. The molecule has 1 aliphatic heterocycles. The molecule has 0 saturated carbocycles. The number of nitrogen functional groups attached to an aromatic ring is 1. The van der Waals surface area contributed by atoms with Gasteiger partial charge in [-0.25, -0.2) is 41.6 Å². The number of halogens is 15. The van der Waals surface area contributed by atoms with Gasteiger partial charge >= 0.3 is 22.5 Å². The number of alkyl halides is 2. The van der Waals surface area contributed by atoms with Gasteiger partial charge in [0.25, 0.3) is 17.2 Å². The van der Waals surface area contributed by atoms with E-state index in [4.69, 9.17) is 39.5 Å². The summed E-state index contributed by atoms with van der Waals surface area (Å²) in [6.45, 7) is 29.0. The molecule has 2 aliphatic rings. The number of ketones is 3. The normalized spacial score (nSPS) is 11.1. The minimum atomic E-state index is -1.00. The molecule has 765 valence electrons. The molecule has 1 aliphatic carbocycles. The number of nitro groups is 3. The largest absolute Gasteiger partial charge is 3.00 e. The molecule has 41 heteroatoms. The molecule has 1 radical (unpaired) electrons. The molecule has 9 aromatic carbocycles. The average Bonchev–Trinajstić information content (AvgIpc) is 1.59. The maximum atomic E-state index is 14.1. The number of hydrogen-bond donors (Lipinski definition) is 5. The standard InChI is InChI=1S/C21H11BrFNO3.C13H11BrFNO3.C10H9NO2.C9H7BrFN.C8H4BrFNO2.C8H5BrFN.C7H5BrFNO2.C7H7FN2O2.C4H8O.C3H8.2C3H7.C2H6O.2CH3F.CH4.Ni/c22-14-6-16-11(5-15(14)23)12(8-24-16)20-17(25)7-18(26)21(20)13-9-27-19-4-2-1-3-10(13)19;1-3-19-13(18)12(17)8-6-16(2)11-5-9(14)10(15)4-7(8)11;11-10(12)5-7-6-13-9-4-2-1-3-8(7)9;1-12-3-2-6-4-8(11)7(10)5-9(6)12;1-2-5-3-7(10)6(9)4-8(5)11(12)13;9-6-4-8-5(1-2-11-8)3-7(6)10;1-4-2-6(9)5(8)3-7(4)10(11)12;1-4-2-5(8)6(9)3-7(4)10(11)12;1-2-4-5-3-1;3*1-3-2;1-2-3;2*1-2;;/h1-6,8-9,24H,7H2;4-6H,3H2,1-2H3;1-4,6H,5H2,(H2,11,12);2-5H,1H3;1-4H;1-4,11H;2-3H,1H3;2-3H,9H2,1H3;1-4H2;3H2,1-2H3;2*1,3H2,2H3;3H,2H2,1H3;2*1H3;1H4;/q;;;;-1;;;;;;2*-1;;;;;+3/i;;;;;;;;;;;;;1D;;1D;. The Hall–Kier alpha value is -11.7. The van der Waals surface area contributed by atoms with Crippen LogP contribution in [0.4, 0.5) is 62.3 Å². The number of rotatable bonds is 11. The molecule has 15 aromatic rings. The fraction of sp³-hybridized carbons (Fsp3) is 0.238. The van der Waals surface area contributed by atoms with Crippen molar-refractivity contribution in [1.82, 2.24) is 19.1 Å². The molecular weight excluding hydrogens is 2300 g/mol. The van der Waals surface area contributed by atoms with E-state index in [-0.39, 0.29) is 120 Å². The van der Waals surface area contributed by atoms with Crippen LogP contribution < -0.4 is 11.5 Å². The number of aromatic amines is 2. The summed E-state index contributed by atoms with van der Waals surface area (Å²) >= 11 is 18.2. The van der Waals surface area contributed by atoms with Crippen molar-refractivity contribution in [1.29, 1.82) is 0 Å². The Kier molecular flexibility index (Phi) is 57.4. The van der Waals surface area contributed by atoms with E-state index in [0.717, 1.165) is 112 Å². The van der Waals surface area contributed by atoms with Crippen molar-refractivity contribution < 1.29 is 121 Å². The molecule has 0 unspecified atom stereocenters. The number of ether oxygens (including phenoxy) is 2. The van der Waals surface area contributed by atoms with Gasteiger partial charge in [-0.1, -0.05) is 89.5 Å². The van der Waals surface area contributed by atoms with Crippen LogP contribution in [0.25, 0.3) is 82.8 Å². The van der Waals surface area contributed by atoms with Crippen molar-refractivity contribution in [2.75, 3.05) is 46.5 Å². The van der Waals surface area contributed by atoms with Gasteiger partial charge in [-0.15, -0.1) is 0 Å². The number of H-pyrrole nitrogens is 2. The SMILES string of the molecule is C1CCOC1.CCC.CCO.CCOC(=O)C(=O)c1cn(C)c2cc(Br)c(F)cc12.CF.Cc1cc(F)c(Br)cc1[N+](=O)[O-].Cc1cc(F)c(N)cc1[N+](=O)[O-].Cn1ccc2cc(F)c(Br)cc21.Fc1cc2cc[nH]c2cc1Br.NC(=O)Cc1coc2ccccc12.O=C1CC(=O)C(c2coc3ccccc23)=C1c1c[nH]c2cc(Br)c(F)cc12.[2H]C.[2H]CF.[CH-]=Cc1cc(F)c(Br)cc1[N+](=O)[O-].[CH2-]CC.[CH2-]CC.[Ni+3]. The van der Waals surface area contributed by atoms with E-state index in [1.54, 1.807) is 74.5 Å². The Bertz CT molecular complexity index is 6700. The summed E-state index contributed by atoms with van der Waals surface area (Å²) in [7, 11) is 4.40. The van der Waals surface area contributed by atoms with Gasteiger partial charge in [0.15, 0.2) is 11.6 Å². The van der Waals surface area contributed by atoms with Crippen LogP contribution in [0.3, 0.4) is 0 Å². The Morgan fingerprint density at radius 1 is 0.585 bits per heavy atom. The molecule has 0 spiro atoms. The summed E-state index contributed by atoms with van der Waals surface area (Å²) in [5.74, 6) is -5.63. The summed E-state index contributed by atoms with van der Waals surface area (Å²) in [6.07, 6.45) is 16.8. The quantitative estimate of drug-likeness (QED) is 0.00767. The smallest absolute Gasteiger partial charge is 0.464 e. The van der Waals surface area contributed by atoms with Gasteiger partial charge in [-0.3, -0.25) is 64.9 Å². The molecule has 1 saturated heterocycles. The van der Waals surface area contributed by atoms with Gasteiger partial charge in [0.05, 0.1) is 95.6 Å². The van der Waals surface area contributed by atoms with Crippen LogP contribution in [-0.4, -0.2) is 109 Å². The number of nitrogens with zero attached hydrogens (tertiary/aromatic N) is 5. The second-order valence-corrected chi connectivity index (χ2v) is 33.8. The third-order valence-electron chi connectivity index (χ3n) is 18.3. The number of benzene rings is 9. The number of aryl methyl sites for hydroxylation is 4. The number of aromatic nitrogens is 4. The van der Waals surface area contributed by atoms with Crippen LogP contribution in [0.15, 0.2) is 219 Å². The number of anilines is 1. The molecule has 1 amide bonds. The number of nitrogens with one attached hydrogen (secondary N) is 2. The van der Waals surface area contributed by atoms with Gasteiger partial charge in [0, 0.05) is 177 Å². The summed E-state index contributed by atoms with van der Waals surface area (Å²) < 4.78 is 148. The maximum absolute atomic E-state index is 14.1. The predicted octanol–water partition coefficient (Wildman–Crippen LogP) is 29.6. The third-order valence-corrected chi connectivity index (χ3v) is 21.9. The van der Waals surface area contributed by atoms with Crippen LogP contribution in [0.5, 0.6) is 0 Å². The molecule has 17 rings (SSSR count). The topological polar surface area (TPSA) is 373 Å². The fourth-order valence-electron chi connectivity index (χ4n) is 12.3. The second-order valence-electron chi connectivity index (χ2n) is 28.7. The van der Waals surface area contributed by atoms with Crippen LogP contribution in [-0.2, 0) is 65.7 Å². The van der Waals surface area contributed by atoms with Crippen LogP contribution >= 0.6 is 95.6 Å². The van der Waals surface area contributed by atoms with E-state index in [9.17, 15) is 93.8 Å². The number of para-hydroxylation sites is 2. The molecule has 142 heavy (non-hydrogen) atoms. The average molecular weight is 2410 g/mol. The third kappa shape index (κ3) is 37.9. The Morgan fingerprint density at radius 3 is 1.52 bits per heavy atom. The predicted molar refractivity (Wildman–Crippen MR) is 559 cm³/mol. The van der Waals surface area contributed by atoms with Crippen molar-refractivity contribution in [3.8, 4) is 0 Å². The molecule has 0 bridgehead atoms. The number of hydrogen-bond acceptors (Lipinski definition) is 17. The van der Waals surface area contributed by atoms with E-state index >= 15 is 0 Å². The van der Waals surface area contributed by atoms with Gasteiger partial charge in [-0.05, 0) is 221 Å². The molecule has 1 fully saturated rings. The number of carbonyl (C=O) groups excluding carboxylic acids is 5. The first-order chi connectivity index (χ1) is 67.9. The number of aliphatic hydroxyl groups excluding tert-OH is 1. The van der Waals surface area contributed by atoms with E-state index in [0.29, 0.717) is 80.3 Å². The molecule has 25 nitrogen and oxygen atoms in total. The van der Waals surface area contributed by atoms with E-state index in [1.807, 2.05) is 86.3 Å². The van der Waals surface area contributed by atoms with E-state index < -0.39 is 62.8 Å². The zero-order chi connectivity index (χ0) is 108. The Morgan fingerprint density at radius 2 is 1.01 bits per heavy atom. The number of carbonyl (C=O) groups is 5. The zero-order valence-electron chi connectivity index (χ0n) is 80.8. The fourth-order valence-corrected chi connectivity index (χ4v) is 14.3. The molecule has 7 N–H and O–H groups in total. The molecular formula is C101H105Br6F9N9NiO16. The summed E-state index contributed by atoms with van der Waals surface area (Å²) in [6, 6.07) is 37.4. The monoisotopic (exact) mass is 2400 g/mol. The Balaban J connectivity index is 0.000000808. The first-order valence-electron chi connectivity index (χ1n) is 43.5. The molecule has 7 heterocycles. The minimum absolute atomic E-state index is 0. The van der Waals surface area contributed by atoms with Crippen molar-refractivity contribution in [3.63, 3.8) is 0 Å². The van der Waals surface area contributed by atoms with Crippen molar-refractivity contribution in [3.05, 3.63) is 340 Å². The van der Waals surface area contributed by atoms with Gasteiger partial charge in [0.1, 0.15) is 51.9 Å². The van der Waals surface area contributed by atoms with Crippen molar-refractivity contribution >= 4 is 230 Å².